The second-order valence-corrected chi connectivity index (χ2v) is 5.92. The van der Waals surface area contributed by atoms with Crippen LogP contribution < -0.4 is 11.1 Å². The van der Waals surface area contributed by atoms with Crippen LogP contribution in [0.25, 0.3) is 0 Å². The Morgan fingerprint density at radius 2 is 2.00 bits per heavy atom. The third-order valence-electron chi connectivity index (χ3n) is 4.53. The number of carbonyl (C=O) groups is 2. The van der Waals surface area contributed by atoms with Gasteiger partial charge in [-0.2, -0.15) is 0 Å². The molecule has 0 bridgehead atoms. The number of nitrogens with two attached hydrogens (primary N) is 1. The molecule has 114 valence electrons. The highest BCUT2D eigenvalue weighted by molar-refractivity contribution is 5.84. The zero-order chi connectivity index (χ0) is 14.8. The van der Waals surface area contributed by atoms with Gasteiger partial charge in [-0.25, -0.2) is 0 Å². The minimum absolute atomic E-state index is 0.104. The second kappa shape index (κ2) is 5.67. The van der Waals surface area contributed by atoms with E-state index in [0.29, 0.717) is 32.7 Å². The lowest BCUT2D eigenvalue weighted by molar-refractivity contribution is -0.155. The van der Waals surface area contributed by atoms with E-state index in [-0.39, 0.29) is 25.1 Å². The number of nitrogens with one attached hydrogen (secondary N) is 1. The van der Waals surface area contributed by atoms with Crippen molar-refractivity contribution in [3.8, 4) is 0 Å². The molecule has 2 heterocycles. The summed E-state index contributed by atoms with van der Waals surface area (Å²) in [6.45, 7) is 3.28. The molecule has 0 aliphatic carbocycles. The van der Waals surface area contributed by atoms with Gasteiger partial charge in [0.1, 0.15) is 0 Å². The summed E-state index contributed by atoms with van der Waals surface area (Å²) >= 11 is 0. The maximum absolute atomic E-state index is 12.3. The van der Waals surface area contributed by atoms with Crippen molar-refractivity contribution >= 4 is 11.9 Å². The van der Waals surface area contributed by atoms with Crippen LogP contribution in [0.2, 0.25) is 0 Å². The molecule has 1 amide bonds. The van der Waals surface area contributed by atoms with E-state index in [1.165, 1.54) is 0 Å². The number of carbonyl (C=O) groups excluding carboxylic acids is 1. The number of rotatable bonds is 4. The van der Waals surface area contributed by atoms with Gasteiger partial charge in [0, 0.05) is 25.8 Å². The van der Waals surface area contributed by atoms with Crippen LogP contribution in [0.3, 0.4) is 0 Å². The first-order valence-corrected chi connectivity index (χ1v) is 6.83. The third-order valence-corrected chi connectivity index (χ3v) is 4.53. The topological polar surface area (TPSA) is 111 Å². The smallest absolute Gasteiger partial charge is 0.311 e. The number of aliphatic carboxylic acids is 1. The average molecular weight is 286 g/mol. The molecule has 4 N–H and O–H groups in total. The highest BCUT2D eigenvalue weighted by Gasteiger charge is 2.46. The van der Waals surface area contributed by atoms with Crippen molar-refractivity contribution in [1.29, 1.82) is 0 Å². The van der Waals surface area contributed by atoms with Crippen LogP contribution in [0.4, 0.5) is 0 Å². The summed E-state index contributed by atoms with van der Waals surface area (Å²) in [5, 5.41) is 12.2. The van der Waals surface area contributed by atoms with Gasteiger partial charge in [-0.05, 0) is 19.8 Å². The minimum Gasteiger partial charge on any atom is -0.481 e. The molecule has 2 atom stereocenters. The van der Waals surface area contributed by atoms with Gasteiger partial charge in [-0.3, -0.25) is 9.59 Å². The monoisotopic (exact) mass is 286 g/mol. The molecule has 2 aliphatic heterocycles. The van der Waals surface area contributed by atoms with Gasteiger partial charge in [0.15, 0.2) is 0 Å². The van der Waals surface area contributed by atoms with Gasteiger partial charge >= 0.3 is 5.97 Å². The van der Waals surface area contributed by atoms with Gasteiger partial charge in [0.25, 0.3) is 0 Å². The Kier molecular flexibility index (Phi) is 4.31. The maximum atomic E-state index is 12.3. The van der Waals surface area contributed by atoms with Crippen LogP contribution in [0, 0.1) is 10.8 Å². The van der Waals surface area contributed by atoms with E-state index in [2.05, 4.69) is 5.32 Å². The largest absolute Gasteiger partial charge is 0.481 e. The van der Waals surface area contributed by atoms with Crippen LogP contribution in [0.1, 0.15) is 19.8 Å². The van der Waals surface area contributed by atoms with Crippen molar-refractivity contribution in [2.75, 3.05) is 33.0 Å². The van der Waals surface area contributed by atoms with Crippen molar-refractivity contribution in [1.82, 2.24) is 5.32 Å². The van der Waals surface area contributed by atoms with Gasteiger partial charge < -0.3 is 25.6 Å². The first kappa shape index (κ1) is 15.2. The number of carboxylic acid groups (broad SMARTS) is 1. The SMILES string of the molecule is CC1(C(=O)NCC2(C(=O)O)CCOCC2)COCC1N. The van der Waals surface area contributed by atoms with Crippen molar-refractivity contribution in [3.05, 3.63) is 0 Å². The molecule has 0 aromatic carbocycles. The molecule has 2 unspecified atom stereocenters. The summed E-state index contributed by atoms with van der Waals surface area (Å²) in [7, 11) is 0. The molecule has 0 spiro atoms. The Hall–Kier alpha value is -1.18. The van der Waals surface area contributed by atoms with Gasteiger partial charge in [-0.15, -0.1) is 0 Å². The molecule has 20 heavy (non-hydrogen) atoms. The molecule has 0 saturated carbocycles. The summed E-state index contributed by atoms with van der Waals surface area (Å²) < 4.78 is 10.4. The summed E-state index contributed by atoms with van der Waals surface area (Å²) in [5.41, 5.74) is 4.17. The Balaban J connectivity index is 1.99. The standard InChI is InChI=1S/C13H22N2O5/c1-12(8-20-6-9(12)14)10(16)15-7-13(11(17)18)2-4-19-5-3-13/h9H,2-8,14H2,1H3,(H,15,16)(H,17,18). The predicted molar refractivity (Wildman–Crippen MR) is 70.0 cm³/mol. The Bertz CT molecular complexity index is 394. The first-order valence-electron chi connectivity index (χ1n) is 6.83. The summed E-state index contributed by atoms with van der Waals surface area (Å²) in [6.07, 6.45) is 0.809. The van der Waals surface area contributed by atoms with E-state index in [9.17, 15) is 14.7 Å². The van der Waals surface area contributed by atoms with Crippen LogP contribution in [-0.4, -0.2) is 56.0 Å². The number of amides is 1. The molecule has 7 heteroatoms. The normalized spacial score (nSPS) is 32.8. The van der Waals surface area contributed by atoms with Crippen molar-refractivity contribution in [2.45, 2.75) is 25.8 Å². The van der Waals surface area contributed by atoms with Crippen LogP contribution in [-0.2, 0) is 19.1 Å². The molecule has 2 aliphatic rings. The Labute approximate surface area is 117 Å². The minimum atomic E-state index is -0.937. The quantitative estimate of drug-likeness (QED) is 0.633. The van der Waals surface area contributed by atoms with Crippen LogP contribution >= 0.6 is 0 Å². The fraction of sp³-hybridized carbons (Fsp3) is 0.846. The van der Waals surface area contributed by atoms with E-state index in [4.69, 9.17) is 15.2 Å². The molecule has 0 aromatic heterocycles. The molecular weight excluding hydrogens is 264 g/mol. The Morgan fingerprint density at radius 3 is 2.50 bits per heavy atom. The van der Waals surface area contributed by atoms with Crippen LogP contribution in [0.5, 0.6) is 0 Å². The first-order chi connectivity index (χ1) is 9.41. The van der Waals surface area contributed by atoms with E-state index in [1.807, 2.05) is 0 Å². The van der Waals surface area contributed by atoms with Crippen molar-refractivity contribution in [2.24, 2.45) is 16.6 Å². The van der Waals surface area contributed by atoms with Crippen molar-refractivity contribution in [3.63, 3.8) is 0 Å². The number of carboxylic acids is 1. The molecule has 2 fully saturated rings. The molecule has 2 saturated heterocycles. The Morgan fingerprint density at radius 1 is 1.35 bits per heavy atom. The van der Waals surface area contributed by atoms with Gasteiger partial charge in [-0.1, -0.05) is 0 Å². The predicted octanol–water partition coefficient (Wildman–Crippen LogP) is -0.652. The van der Waals surface area contributed by atoms with E-state index < -0.39 is 16.8 Å². The second-order valence-electron chi connectivity index (χ2n) is 5.92. The zero-order valence-corrected chi connectivity index (χ0v) is 11.7. The molecule has 7 nitrogen and oxygen atoms in total. The fourth-order valence-electron chi connectivity index (χ4n) is 2.60. The van der Waals surface area contributed by atoms with Crippen LogP contribution in [0.15, 0.2) is 0 Å². The maximum Gasteiger partial charge on any atom is 0.311 e. The lowest BCUT2D eigenvalue weighted by Crippen LogP contribution is -2.54. The highest BCUT2D eigenvalue weighted by Crippen LogP contribution is 2.32. The summed E-state index contributed by atoms with van der Waals surface area (Å²) in [6, 6.07) is -0.363. The number of hydrogen-bond acceptors (Lipinski definition) is 5. The van der Waals surface area contributed by atoms with Gasteiger partial charge in [0.05, 0.1) is 24.0 Å². The van der Waals surface area contributed by atoms with E-state index >= 15 is 0 Å². The van der Waals surface area contributed by atoms with Crippen molar-refractivity contribution < 1.29 is 24.2 Å². The average Bonchev–Trinajstić information content (AvgIpc) is 2.78. The number of hydrogen-bond donors (Lipinski definition) is 3. The summed E-state index contributed by atoms with van der Waals surface area (Å²) in [5.74, 6) is -1.13. The third kappa shape index (κ3) is 2.65. The van der Waals surface area contributed by atoms with Gasteiger partial charge in [0.2, 0.25) is 5.91 Å². The van der Waals surface area contributed by atoms with E-state index in [0.717, 1.165) is 0 Å². The lowest BCUT2D eigenvalue weighted by Gasteiger charge is -2.34. The summed E-state index contributed by atoms with van der Waals surface area (Å²) in [4.78, 5) is 23.8. The molecule has 2 rings (SSSR count). The number of ether oxygens (including phenoxy) is 2. The molecular formula is C13H22N2O5. The highest BCUT2D eigenvalue weighted by atomic mass is 16.5. The zero-order valence-electron chi connectivity index (χ0n) is 11.7. The van der Waals surface area contributed by atoms with E-state index in [1.54, 1.807) is 6.92 Å². The fourth-order valence-corrected chi connectivity index (χ4v) is 2.60. The lowest BCUT2D eigenvalue weighted by atomic mass is 9.79. The molecule has 0 aromatic rings. The molecule has 0 radical (unpaired) electrons.